The lowest BCUT2D eigenvalue weighted by molar-refractivity contribution is -0.141. The Morgan fingerprint density at radius 3 is 2.27 bits per heavy atom. The molecule has 6 nitrogen and oxygen atoms in total. The van der Waals surface area contributed by atoms with Gasteiger partial charge in [-0.2, -0.15) is 0 Å². The average molecular weight is 461 g/mol. The van der Waals surface area contributed by atoms with Crippen LogP contribution in [0.2, 0.25) is 0 Å². The summed E-state index contributed by atoms with van der Waals surface area (Å²) < 4.78 is 24.7. The molecule has 7 heteroatoms. The SMILES string of the molecule is O=C(CCC1CCCC1)N1CCC(COc2ccc(F)cc2)(CC(=O)N2CCOCC2)CC1. The molecule has 2 amide bonds. The topological polar surface area (TPSA) is 59.1 Å². The summed E-state index contributed by atoms with van der Waals surface area (Å²) in [7, 11) is 0. The fourth-order valence-corrected chi connectivity index (χ4v) is 5.40. The Kier molecular flexibility index (Phi) is 8.23. The highest BCUT2D eigenvalue weighted by atomic mass is 19.1. The van der Waals surface area contributed by atoms with Gasteiger partial charge >= 0.3 is 0 Å². The van der Waals surface area contributed by atoms with Crippen LogP contribution in [0.1, 0.15) is 57.8 Å². The molecule has 0 aromatic heterocycles. The highest BCUT2D eigenvalue weighted by molar-refractivity contribution is 5.78. The predicted molar refractivity (Wildman–Crippen MR) is 123 cm³/mol. The number of nitrogens with zero attached hydrogens (tertiary/aromatic N) is 2. The molecule has 0 bridgehead atoms. The Balaban J connectivity index is 1.35. The van der Waals surface area contributed by atoms with Crippen LogP contribution in [0.15, 0.2) is 24.3 Å². The third-order valence-corrected chi connectivity index (χ3v) is 7.67. The lowest BCUT2D eigenvalue weighted by atomic mass is 9.75. The fourth-order valence-electron chi connectivity index (χ4n) is 5.40. The third kappa shape index (κ3) is 6.69. The molecular formula is C26H37FN2O4. The zero-order chi connectivity index (χ0) is 23.1. The van der Waals surface area contributed by atoms with E-state index in [0.717, 1.165) is 19.3 Å². The van der Waals surface area contributed by atoms with Crippen LogP contribution in [0.25, 0.3) is 0 Å². The van der Waals surface area contributed by atoms with Gasteiger partial charge in [-0.25, -0.2) is 4.39 Å². The van der Waals surface area contributed by atoms with Gasteiger partial charge in [0.05, 0.1) is 19.8 Å². The van der Waals surface area contributed by atoms with E-state index < -0.39 is 0 Å². The minimum atomic E-state index is -0.327. The van der Waals surface area contributed by atoms with Crippen molar-refractivity contribution in [3.63, 3.8) is 0 Å². The molecule has 4 rings (SSSR count). The van der Waals surface area contributed by atoms with E-state index in [1.165, 1.54) is 37.8 Å². The van der Waals surface area contributed by atoms with E-state index in [1.54, 1.807) is 12.1 Å². The number of carbonyl (C=O) groups is 2. The summed E-state index contributed by atoms with van der Waals surface area (Å²) in [4.78, 5) is 29.7. The molecule has 0 spiro atoms. The van der Waals surface area contributed by atoms with Gasteiger partial charge in [-0.15, -0.1) is 0 Å². The van der Waals surface area contributed by atoms with E-state index in [2.05, 4.69) is 0 Å². The molecule has 1 aromatic carbocycles. The van der Waals surface area contributed by atoms with Gasteiger partial charge in [-0.1, -0.05) is 25.7 Å². The van der Waals surface area contributed by atoms with Crippen LogP contribution in [-0.4, -0.2) is 67.6 Å². The Morgan fingerprint density at radius 1 is 0.970 bits per heavy atom. The first-order chi connectivity index (χ1) is 16.0. The lowest BCUT2D eigenvalue weighted by Crippen LogP contribution is -2.49. The van der Waals surface area contributed by atoms with Crippen molar-refractivity contribution in [1.82, 2.24) is 9.80 Å². The number of rotatable bonds is 8. The van der Waals surface area contributed by atoms with Gasteiger partial charge in [0.25, 0.3) is 0 Å². The number of halogens is 1. The largest absolute Gasteiger partial charge is 0.493 e. The van der Waals surface area contributed by atoms with Crippen molar-refractivity contribution < 1.29 is 23.5 Å². The zero-order valence-electron chi connectivity index (χ0n) is 19.6. The summed E-state index contributed by atoms with van der Waals surface area (Å²) in [6.07, 6.45) is 8.64. The second-order valence-corrected chi connectivity index (χ2v) is 9.98. The van der Waals surface area contributed by atoms with Crippen LogP contribution >= 0.6 is 0 Å². The molecule has 3 fully saturated rings. The van der Waals surface area contributed by atoms with Crippen LogP contribution in [-0.2, 0) is 14.3 Å². The van der Waals surface area contributed by atoms with Gasteiger partial charge < -0.3 is 19.3 Å². The Morgan fingerprint density at radius 2 is 1.61 bits per heavy atom. The number of amides is 2. The van der Waals surface area contributed by atoms with Gasteiger partial charge in [-0.05, 0) is 49.4 Å². The molecule has 0 unspecified atom stereocenters. The maximum absolute atomic E-state index is 13.3. The molecular weight excluding hydrogens is 423 g/mol. The maximum Gasteiger partial charge on any atom is 0.223 e. The van der Waals surface area contributed by atoms with Gasteiger partial charge in [0.1, 0.15) is 11.6 Å². The lowest BCUT2D eigenvalue weighted by Gasteiger charge is -2.42. The number of hydrogen-bond donors (Lipinski definition) is 0. The van der Waals surface area contributed by atoms with Crippen LogP contribution in [0.4, 0.5) is 4.39 Å². The fraction of sp³-hybridized carbons (Fsp3) is 0.692. The molecule has 1 aromatic rings. The van der Waals surface area contributed by atoms with Crippen molar-refractivity contribution in [2.24, 2.45) is 11.3 Å². The highest BCUT2D eigenvalue weighted by Crippen LogP contribution is 2.37. The first-order valence-corrected chi connectivity index (χ1v) is 12.5. The minimum absolute atomic E-state index is 0.127. The van der Waals surface area contributed by atoms with Gasteiger partial charge in [0.15, 0.2) is 0 Å². The Bertz CT molecular complexity index is 780. The van der Waals surface area contributed by atoms with E-state index in [-0.39, 0.29) is 23.0 Å². The van der Waals surface area contributed by atoms with Crippen molar-refractivity contribution in [3.8, 4) is 5.75 Å². The summed E-state index contributed by atoms with van der Waals surface area (Å²) in [6.45, 7) is 4.11. The zero-order valence-corrected chi connectivity index (χ0v) is 19.6. The van der Waals surface area contributed by atoms with Gasteiger partial charge in [-0.3, -0.25) is 9.59 Å². The summed E-state index contributed by atoms with van der Waals surface area (Å²) >= 11 is 0. The highest BCUT2D eigenvalue weighted by Gasteiger charge is 2.40. The number of piperidine rings is 1. The quantitative estimate of drug-likeness (QED) is 0.588. The van der Waals surface area contributed by atoms with E-state index >= 15 is 0 Å². The summed E-state index contributed by atoms with van der Waals surface area (Å²) in [5, 5.41) is 0. The number of ether oxygens (including phenoxy) is 2. The van der Waals surface area contributed by atoms with E-state index in [9.17, 15) is 14.0 Å². The number of likely N-dealkylation sites (tertiary alicyclic amines) is 1. The molecule has 33 heavy (non-hydrogen) atoms. The smallest absolute Gasteiger partial charge is 0.223 e. The van der Waals surface area contributed by atoms with Crippen LogP contribution in [0.5, 0.6) is 5.75 Å². The minimum Gasteiger partial charge on any atom is -0.493 e. The van der Waals surface area contributed by atoms with Crippen molar-refractivity contribution >= 4 is 11.8 Å². The Labute approximate surface area is 196 Å². The maximum atomic E-state index is 13.3. The second-order valence-electron chi connectivity index (χ2n) is 9.98. The molecule has 3 aliphatic rings. The van der Waals surface area contributed by atoms with Crippen molar-refractivity contribution in [2.45, 2.75) is 57.8 Å². The van der Waals surface area contributed by atoms with Crippen molar-refractivity contribution in [3.05, 3.63) is 30.1 Å². The molecule has 2 saturated heterocycles. The first-order valence-electron chi connectivity index (χ1n) is 12.5. The molecule has 0 atom stereocenters. The summed E-state index contributed by atoms with van der Waals surface area (Å²) in [5.41, 5.74) is -0.327. The molecule has 0 N–H and O–H groups in total. The van der Waals surface area contributed by atoms with Crippen molar-refractivity contribution in [1.29, 1.82) is 0 Å². The van der Waals surface area contributed by atoms with Crippen LogP contribution in [0.3, 0.4) is 0 Å². The van der Waals surface area contributed by atoms with Crippen molar-refractivity contribution in [2.75, 3.05) is 46.0 Å². The summed E-state index contributed by atoms with van der Waals surface area (Å²) in [5.74, 6) is 1.39. The standard InChI is InChI=1S/C26H37FN2O4/c27-22-6-8-23(9-7-22)33-20-26(19-25(31)29-15-17-32-18-16-29)11-13-28(14-12-26)24(30)10-5-21-3-1-2-4-21/h6-9,21H,1-5,10-20H2. The molecule has 1 aliphatic carbocycles. The molecule has 2 aliphatic heterocycles. The summed E-state index contributed by atoms with van der Waals surface area (Å²) in [6, 6.07) is 6.00. The normalized spacial score (nSPS) is 21.2. The third-order valence-electron chi connectivity index (χ3n) is 7.67. The molecule has 1 saturated carbocycles. The van der Waals surface area contributed by atoms with Gasteiger partial charge in [0.2, 0.25) is 11.8 Å². The predicted octanol–water partition coefficient (Wildman–Crippen LogP) is 4.03. The molecule has 0 radical (unpaired) electrons. The molecule has 2 heterocycles. The number of hydrogen-bond acceptors (Lipinski definition) is 4. The second kappa shape index (κ2) is 11.3. The number of morpholine rings is 1. The average Bonchev–Trinajstić information content (AvgIpc) is 3.37. The Hall–Kier alpha value is -2.15. The first kappa shape index (κ1) is 24.0. The van der Waals surface area contributed by atoms with E-state index in [0.29, 0.717) is 70.5 Å². The number of carbonyl (C=O) groups excluding carboxylic acids is 2. The van der Waals surface area contributed by atoms with Gasteiger partial charge in [0, 0.05) is 44.4 Å². The molecule has 182 valence electrons. The van der Waals surface area contributed by atoms with Crippen LogP contribution < -0.4 is 4.74 Å². The van der Waals surface area contributed by atoms with E-state index in [4.69, 9.17) is 9.47 Å². The van der Waals surface area contributed by atoms with E-state index in [1.807, 2.05) is 9.80 Å². The monoisotopic (exact) mass is 460 g/mol. The van der Waals surface area contributed by atoms with Crippen LogP contribution in [0, 0.1) is 17.2 Å². The number of benzene rings is 1.